The summed E-state index contributed by atoms with van der Waals surface area (Å²) in [5.74, 6) is -0.671. The van der Waals surface area contributed by atoms with E-state index in [2.05, 4.69) is 10.9 Å². The Morgan fingerprint density at radius 2 is 1.76 bits per heavy atom. The van der Waals surface area contributed by atoms with Crippen LogP contribution < -0.4 is 22.3 Å². The van der Waals surface area contributed by atoms with Gasteiger partial charge in [-0.05, 0) is 32.7 Å². The van der Waals surface area contributed by atoms with Crippen LogP contribution in [0.15, 0.2) is 0 Å². The van der Waals surface area contributed by atoms with Gasteiger partial charge in [-0.25, -0.2) is 0 Å². The van der Waals surface area contributed by atoms with Crippen LogP contribution in [0.25, 0.3) is 0 Å². The maximum Gasteiger partial charge on any atom is 0.307 e. The minimum Gasteiger partial charge on any atom is -0.339 e. The maximum absolute atomic E-state index is 12.0. The van der Waals surface area contributed by atoms with Crippen LogP contribution in [-0.2, 0) is 19.2 Å². The summed E-state index contributed by atoms with van der Waals surface area (Å²) in [6, 6.07) is -0.700. The standard InChI is InChI=1S/C19H37N5O4S/c1-4-14(3)24(17(26)5-2)11-13-29-12-9-16(25)22-23-19(28)18(27)15(21)8-6-7-10-20/h14-15H,4-13,20-21H2,1-3H3,(H,22,25)(H,23,28)/t14-,15+/m1/s1. The van der Waals surface area contributed by atoms with Crippen LogP contribution in [0.5, 0.6) is 0 Å². The molecule has 0 aromatic carbocycles. The predicted octanol–water partition coefficient (Wildman–Crippen LogP) is 0.320. The van der Waals surface area contributed by atoms with Gasteiger partial charge in [0.1, 0.15) is 0 Å². The van der Waals surface area contributed by atoms with Gasteiger partial charge in [-0.1, -0.05) is 20.3 Å². The molecule has 0 aromatic heterocycles. The number of hydrazine groups is 1. The molecule has 0 saturated heterocycles. The Hall–Kier alpha value is -1.65. The van der Waals surface area contributed by atoms with E-state index in [1.165, 1.54) is 0 Å². The third-order valence-corrected chi connectivity index (χ3v) is 5.50. The fraction of sp³-hybridized carbons (Fsp3) is 0.789. The van der Waals surface area contributed by atoms with E-state index in [1.54, 1.807) is 11.8 Å². The Morgan fingerprint density at radius 3 is 2.34 bits per heavy atom. The van der Waals surface area contributed by atoms with Crippen molar-refractivity contribution in [2.45, 2.75) is 71.4 Å². The summed E-state index contributed by atoms with van der Waals surface area (Å²) in [7, 11) is 0. The molecule has 9 nitrogen and oxygen atoms in total. The number of thioether (sulfide) groups is 1. The molecule has 0 heterocycles. The lowest BCUT2D eigenvalue weighted by Gasteiger charge is -2.28. The van der Waals surface area contributed by atoms with Crippen LogP contribution >= 0.6 is 11.8 Å². The molecule has 0 bridgehead atoms. The summed E-state index contributed by atoms with van der Waals surface area (Å²) in [4.78, 5) is 49.2. The number of hydrogen-bond donors (Lipinski definition) is 4. The Balaban J connectivity index is 4.05. The van der Waals surface area contributed by atoms with E-state index in [-0.39, 0.29) is 18.4 Å². The van der Waals surface area contributed by atoms with Gasteiger partial charge in [0.25, 0.3) is 0 Å². The zero-order chi connectivity index (χ0) is 22.2. The molecule has 3 amide bonds. The summed E-state index contributed by atoms with van der Waals surface area (Å²) in [6.07, 6.45) is 3.34. The molecule has 168 valence electrons. The Labute approximate surface area is 178 Å². The van der Waals surface area contributed by atoms with E-state index < -0.39 is 23.6 Å². The zero-order valence-corrected chi connectivity index (χ0v) is 18.7. The molecule has 0 rings (SSSR count). The van der Waals surface area contributed by atoms with Crippen molar-refractivity contribution in [3.05, 3.63) is 0 Å². The van der Waals surface area contributed by atoms with Crippen molar-refractivity contribution < 1.29 is 19.2 Å². The van der Waals surface area contributed by atoms with Crippen LogP contribution in [0, 0.1) is 0 Å². The van der Waals surface area contributed by atoms with E-state index in [9.17, 15) is 19.2 Å². The fourth-order valence-corrected chi connectivity index (χ4v) is 3.36. The second-order valence-corrected chi connectivity index (χ2v) is 8.04. The highest BCUT2D eigenvalue weighted by Gasteiger charge is 2.21. The van der Waals surface area contributed by atoms with Gasteiger partial charge in [-0.15, -0.1) is 0 Å². The van der Waals surface area contributed by atoms with Crippen LogP contribution in [0.2, 0.25) is 0 Å². The van der Waals surface area contributed by atoms with Gasteiger partial charge in [0.15, 0.2) is 0 Å². The minimum atomic E-state index is -0.923. The molecular formula is C19H37N5O4S. The third kappa shape index (κ3) is 11.8. The number of rotatable bonds is 15. The van der Waals surface area contributed by atoms with Crippen molar-refractivity contribution in [2.24, 2.45) is 11.5 Å². The van der Waals surface area contributed by atoms with Crippen molar-refractivity contribution in [2.75, 3.05) is 24.6 Å². The number of nitrogens with two attached hydrogens (primary N) is 2. The molecule has 0 spiro atoms. The zero-order valence-electron chi connectivity index (χ0n) is 17.9. The molecule has 0 fully saturated rings. The lowest BCUT2D eigenvalue weighted by atomic mass is 10.1. The van der Waals surface area contributed by atoms with Crippen LogP contribution in [-0.4, -0.2) is 65.1 Å². The van der Waals surface area contributed by atoms with Gasteiger partial charge in [-0.3, -0.25) is 30.0 Å². The van der Waals surface area contributed by atoms with Crippen LogP contribution in [0.4, 0.5) is 0 Å². The minimum absolute atomic E-state index is 0.131. The van der Waals surface area contributed by atoms with Gasteiger partial charge in [0.2, 0.25) is 17.6 Å². The maximum atomic E-state index is 12.0. The first-order valence-electron chi connectivity index (χ1n) is 10.2. The number of ketones is 1. The number of unbranched alkanes of at least 4 members (excludes halogenated alkanes) is 1. The highest BCUT2D eigenvalue weighted by molar-refractivity contribution is 7.99. The molecular weight excluding hydrogens is 394 g/mol. The quantitative estimate of drug-likeness (QED) is 0.166. The summed E-state index contributed by atoms with van der Waals surface area (Å²) < 4.78 is 0. The highest BCUT2D eigenvalue weighted by Crippen LogP contribution is 2.09. The van der Waals surface area contributed by atoms with E-state index in [4.69, 9.17) is 11.5 Å². The van der Waals surface area contributed by atoms with E-state index in [1.807, 2.05) is 25.7 Å². The number of hydrogen-bond acceptors (Lipinski definition) is 7. The summed E-state index contributed by atoms with van der Waals surface area (Å²) in [5.41, 5.74) is 15.4. The van der Waals surface area contributed by atoms with E-state index in [0.717, 1.165) is 18.6 Å². The number of nitrogens with one attached hydrogen (secondary N) is 2. The number of nitrogens with zero attached hydrogens (tertiary/aromatic N) is 1. The molecule has 0 unspecified atom stereocenters. The lowest BCUT2D eigenvalue weighted by Crippen LogP contribution is -2.49. The van der Waals surface area contributed by atoms with Gasteiger partial charge in [0, 0.05) is 36.9 Å². The van der Waals surface area contributed by atoms with Crippen molar-refractivity contribution in [3.63, 3.8) is 0 Å². The van der Waals surface area contributed by atoms with Crippen molar-refractivity contribution in [1.29, 1.82) is 0 Å². The SMILES string of the molecule is CCC(=O)N(CCSCCC(=O)NNC(=O)C(=O)[C@@H](N)CCCCN)[C@H](C)CC. The van der Waals surface area contributed by atoms with Gasteiger partial charge < -0.3 is 16.4 Å². The first-order chi connectivity index (χ1) is 13.8. The lowest BCUT2D eigenvalue weighted by molar-refractivity contribution is -0.140. The molecule has 2 atom stereocenters. The number of Topliss-reactive ketones (excluding diaryl/α,β-unsaturated/α-hetero) is 1. The average molecular weight is 432 g/mol. The topological polar surface area (TPSA) is 148 Å². The molecule has 0 aromatic rings. The van der Waals surface area contributed by atoms with Gasteiger partial charge in [-0.2, -0.15) is 11.8 Å². The fourth-order valence-electron chi connectivity index (χ4n) is 2.50. The first kappa shape index (κ1) is 27.4. The van der Waals surface area contributed by atoms with Gasteiger partial charge in [0.05, 0.1) is 6.04 Å². The normalized spacial score (nSPS) is 12.7. The Kier molecular flexibility index (Phi) is 15.3. The summed E-state index contributed by atoms with van der Waals surface area (Å²) in [6.45, 7) is 7.07. The summed E-state index contributed by atoms with van der Waals surface area (Å²) >= 11 is 1.56. The number of amides is 3. The predicted molar refractivity (Wildman–Crippen MR) is 116 cm³/mol. The average Bonchev–Trinajstić information content (AvgIpc) is 2.72. The molecule has 0 radical (unpaired) electrons. The smallest absolute Gasteiger partial charge is 0.307 e. The van der Waals surface area contributed by atoms with Crippen molar-refractivity contribution >= 4 is 35.3 Å². The second kappa shape index (κ2) is 16.2. The Bertz CT molecular complexity index is 533. The molecule has 0 saturated carbocycles. The third-order valence-electron chi connectivity index (χ3n) is 4.54. The van der Waals surface area contributed by atoms with Crippen LogP contribution in [0.3, 0.4) is 0 Å². The Morgan fingerprint density at radius 1 is 1.07 bits per heavy atom. The molecule has 0 aliphatic rings. The number of carbonyl (C=O) groups is 4. The van der Waals surface area contributed by atoms with E-state index in [0.29, 0.717) is 38.1 Å². The molecule has 6 N–H and O–H groups in total. The molecule has 0 aliphatic carbocycles. The molecule has 0 aliphatic heterocycles. The molecule has 29 heavy (non-hydrogen) atoms. The van der Waals surface area contributed by atoms with Gasteiger partial charge >= 0.3 is 5.91 Å². The van der Waals surface area contributed by atoms with Crippen molar-refractivity contribution in [1.82, 2.24) is 15.8 Å². The monoisotopic (exact) mass is 431 g/mol. The summed E-state index contributed by atoms with van der Waals surface area (Å²) in [5, 5.41) is 0. The molecule has 10 heteroatoms. The highest BCUT2D eigenvalue weighted by atomic mass is 32.2. The van der Waals surface area contributed by atoms with Crippen molar-refractivity contribution in [3.8, 4) is 0 Å². The first-order valence-corrected chi connectivity index (χ1v) is 11.4. The number of carbonyl (C=O) groups excluding carboxylic acids is 4. The van der Waals surface area contributed by atoms with E-state index >= 15 is 0 Å². The second-order valence-electron chi connectivity index (χ2n) is 6.82. The van der Waals surface area contributed by atoms with Crippen LogP contribution in [0.1, 0.15) is 59.3 Å². The largest absolute Gasteiger partial charge is 0.339 e.